The van der Waals surface area contributed by atoms with Crippen molar-refractivity contribution in [1.82, 2.24) is 0 Å². The molecule has 0 unspecified atom stereocenters. The Hall–Kier alpha value is -2.70. The Balaban J connectivity index is 2.70. The highest BCUT2D eigenvalue weighted by atomic mass is 19.2. The van der Waals surface area contributed by atoms with Crippen LogP contribution in [0.15, 0.2) is 36.4 Å². The molecule has 0 aromatic heterocycles. The Morgan fingerprint density at radius 2 is 1.65 bits per heavy atom. The first-order chi connectivity index (χ1) is 9.43. The van der Waals surface area contributed by atoms with Crippen LogP contribution in [0.5, 0.6) is 0 Å². The molecule has 7 heteroatoms. The van der Waals surface area contributed by atoms with Crippen LogP contribution in [-0.2, 0) is 0 Å². The van der Waals surface area contributed by atoms with E-state index in [1.54, 1.807) is 6.07 Å². The molecule has 0 amide bonds. The van der Waals surface area contributed by atoms with Crippen molar-refractivity contribution >= 4 is 11.5 Å². The van der Waals surface area contributed by atoms with E-state index in [2.05, 4.69) is 0 Å². The maximum absolute atomic E-state index is 13.7. The van der Waals surface area contributed by atoms with Gasteiger partial charge in [-0.05, 0) is 0 Å². The fraction of sp³-hybridized carbons (Fsp3) is 0. The lowest BCUT2D eigenvalue weighted by Gasteiger charge is -2.05. The zero-order chi connectivity index (χ0) is 14.9. The zero-order valence-electron chi connectivity index (χ0n) is 9.77. The number of ketones is 1. The number of nitro groups is 1. The zero-order valence-corrected chi connectivity index (χ0v) is 9.77. The number of nitrogens with zero attached hydrogens (tertiary/aromatic N) is 1. The van der Waals surface area contributed by atoms with Gasteiger partial charge in [-0.3, -0.25) is 14.9 Å². The first-order valence-electron chi connectivity index (χ1n) is 5.35. The molecule has 2 aromatic rings. The number of hydrogen-bond donors (Lipinski definition) is 0. The van der Waals surface area contributed by atoms with E-state index < -0.39 is 39.4 Å². The minimum atomic E-state index is -1.92. The van der Waals surface area contributed by atoms with Gasteiger partial charge in [0, 0.05) is 5.56 Å². The second-order valence-electron chi connectivity index (χ2n) is 3.83. The van der Waals surface area contributed by atoms with Crippen LogP contribution in [0.25, 0.3) is 0 Å². The SMILES string of the molecule is O=C(c1ccccc1)c1c([N+](=O)[O-])cc(F)c(F)c1F. The van der Waals surface area contributed by atoms with Crippen LogP contribution in [0.2, 0.25) is 0 Å². The number of carbonyl (C=O) groups excluding carboxylic acids is 1. The van der Waals surface area contributed by atoms with Gasteiger partial charge in [0.2, 0.25) is 5.78 Å². The molecule has 0 atom stereocenters. The van der Waals surface area contributed by atoms with Crippen molar-refractivity contribution in [2.45, 2.75) is 0 Å². The molecule has 0 fully saturated rings. The van der Waals surface area contributed by atoms with Crippen molar-refractivity contribution in [1.29, 1.82) is 0 Å². The van der Waals surface area contributed by atoms with Gasteiger partial charge in [-0.15, -0.1) is 0 Å². The largest absolute Gasteiger partial charge is 0.288 e. The third-order valence-electron chi connectivity index (χ3n) is 2.60. The fourth-order valence-electron chi connectivity index (χ4n) is 1.68. The molecular weight excluding hydrogens is 275 g/mol. The summed E-state index contributed by atoms with van der Waals surface area (Å²) >= 11 is 0. The maximum atomic E-state index is 13.7. The number of nitro benzene ring substituents is 1. The number of hydrogen-bond acceptors (Lipinski definition) is 3. The summed E-state index contributed by atoms with van der Waals surface area (Å²) in [5.41, 5.74) is -2.28. The number of halogens is 3. The molecule has 4 nitrogen and oxygen atoms in total. The average molecular weight is 281 g/mol. The Kier molecular flexibility index (Phi) is 3.51. The van der Waals surface area contributed by atoms with E-state index in [4.69, 9.17) is 0 Å². The first-order valence-corrected chi connectivity index (χ1v) is 5.35. The third kappa shape index (κ3) is 2.25. The molecule has 0 spiro atoms. The molecule has 20 heavy (non-hydrogen) atoms. The lowest BCUT2D eigenvalue weighted by Crippen LogP contribution is -2.11. The third-order valence-corrected chi connectivity index (χ3v) is 2.60. The van der Waals surface area contributed by atoms with Gasteiger partial charge in [0.1, 0.15) is 5.56 Å². The van der Waals surface area contributed by atoms with Gasteiger partial charge in [0.05, 0.1) is 11.0 Å². The van der Waals surface area contributed by atoms with E-state index in [0.717, 1.165) is 0 Å². The van der Waals surface area contributed by atoms with Gasteiger partial charge < -0.3 is 0 Å². The highest BCUT2D eigenvalue weighted by molar-refractivity contribution is 6.11. The first kappa shape index (κ1) is 13.7. The molecule has 0 saturated carbocycles. The normalized spacial score (nSPS) is 10.3. The summed E-state index contributed by atoms with van der Waals surface area (Å²) in [5.74, 6) is -6.60. The minimum absolute atomic E-state index is 0.0690. The van der Waals surface area contributed by atoms with Crippen LogP contribution in [0.1, 0.15) is 15.9 Å². The van der Waals surface area contributed by atoms with Crippen LogP contribution in [-0.4, -0.2) is 10.7 Å². The van der Waals surface area contributed by atoms with Crippen LogP contribution in [0.3, 0.4) is 0 Å². The molecule has 0 heterocycles. The lowest BCUT2D eigenvalue weighted by molar-refractivity contribution is -0.385. The Labute approximate surface area is 110 Å². The molecule has 0 bridgehead atoms. The van der Waals surface area contributed by atoms with Gasteiger partial charge >= 0.3 is 0 Å². The second kappa shape index (κ2) is 5.12. The summed E-state index contributed by atoms with van der Waals surface area (Å²) in [4.78, 5) is 21.7. The summed E-state index contributed by atoms with van der Waals surface area (Å²) in [6.45, 7) is 0. The number of carbonyl (C=O) groups is 1. The van der Waals surface area contributed by atoms with Crippen molar-refractivity contribution in [2.75, 3.05) is 0 Å². The van der Waals surface area contributed by atoms with E-state index in [1.807, 2.05) is 0 Å². The molecule has 0 aliphatic rings. The smallest absolute Gasteiger partial charge is 0.286 e. The van der Waals surface area contributed by atoms with Crippen LogP contribution in [0.4, 0.5) is 18.9 Å². The van der Waals surface area contributed by atoms with Crippen molar-refractivity contribution in [2.24, 2.45) is 0 Å². The molecule has 0 saturated heterocycles. The quantitative estimate of drug-likeness (QED) is 0.375. The predicted octanol–water partition coefficient (Wildman–Crippen LogP) is 3.24. The van der Waals surface area contributed by atoms with Gasteiger partial charge in [-0.25, -0.2) is 13.2 Å². The predicted molar refractivity (Wildman–Crippen MR) is 62.8 cm³/mol. The highest BCUT2D eigenvalue weighted by Gasteiger charge is 2.30. The van der Waals surface area contributed by atoms with E-state index >= 15 is 0 Å². The van der Waals surface area contributed by atoms with Crippen molar-refractivity contribution in [3.05, 3.63) is 75.1 Å². The van der Waals surface area contributed by atoms with Crippen molar-refractivity contribution in [3.63, 3.8) is 0 Å². The van der Waals surface area contributed by atoms with Gasteiger partial charge in [-0.1, -0.05) is 30.3 Å². The molecule has 0 radical (unpaired) electrons. The summed E-state index contributed by atoms with van der Waals surface area (Å²) in [6.07, 6.45) is 0. The number of rotatable bonds is 3. The van der Waals surface area contributed by atoms with Gasteiger partial charge in [0.25, 0.3) is 5.69 Å². The Morgan fingerprint density at radius 1 is 1.05 bits per heavy atom. The summed E-state index contributed by atoms with van der Waals surface area (Å²) in [6, 6.07) is 7.24. The van der Waals surface area contributed by atoms with Crippen molar-refractivity contribution < 1.29 is 22.9 Å². The fourth-order valence-corrected chi connectivity index (χ4v) is 1.68. The maximum Gasteiger partial charge on any atom is 0.286 e. The topological polar surface area (TPSA) is 60.2 Å². The Bertz CT molecular complexity index is 702. The van der Waals surface area contributed by atoms with Gasteiger partial charge in [-0.2, -0.15) is 0 Å². The molecule has 0 aliphatic heterocycles. The lowest BCUT2D eigenvalue weighted by atomic mass is 10.0. The van der Waals surface area contributed by atoms with Crippen molar-refractivity contribution in [3.8, 4) is 0 Å². The summed E-state index contributed by atoms with van der Waals surface area (Å²) in [7, 11) is 0. The molecule has 0 aliphatic carbocycles. The standard InChI is InChI=1S/C13H6F3NO3/c14-8-6-9(17(19)20)10(12(16)11(8)15)13(18)7-4-2-1-3-5-7/h1-6H. The van der Waals surface area contributed by atoms with Crippen LogP contribution in [0, 0.1) is 27.6 Å². The molecular formula is C13H6F3NO3. The summed E-state index contributed by atoms with van der Waals surface area (Å²) < 4.78 is 39.9. The molecule has 2 rings (SSSR count). The van der Waals surface area contributed by atoms with E-state index in [9.17, 15) is 28.1 Å². The van der Waals surface area contributed by atoms with E-state index in [0.29, 0.717) is 0 Å². The average Bonchev–Trinajstić information content (AvgIpc) is 2.44. The van der Waals surface area contributed by atoms with Crippen LogP contribution >= 0.6 is 0 Å². The molecule has 102 valence electrons. The van der Waals surface area contributed by atoms with Gasteiger partial charge in [0.15, 0.2) is 17.5 Å². The highest BCUT2D eigenvalue weighted by Crippen LogP contribution is 2.28. The summed E-state index contributed by atoms with van der Waals surface area (Å²) in [5, 5.41) is 10.8. The molecule has 2 aromatic carbocycles. The monoisotopic (exact) mass is 281 g/mol. The van der Waals surface area contributed by atoms with Crippen LogP contribution < -0.4 is 0 Å². The molecule has 0 N–H and O–H groups in total. The second-order valence-corrected chi connectivity index (χ2v) is 3.83. The van der Waals surface area contributed by atoms with E-state index in [-0.39, 0.29) is 11.6 Å². The minimum Gasteiger partial charge on any atom is -0.288 e. The van der Waals surface area contributed by atoms with E-state index in [1.165, 1.54) is 24.3 Å². The Morgan fingerprint density at radius 3 is 2.20 bits per heavy atom. The number of benzene rings is 2.